The van der Waals surface area contributed by atoms with Gasteiger partial charge in [0.05, 0.1) is 0 Å². The molecule has 0 aliphatic carbocycles. The minimum absolute atomic E-state index is 0. The Kier molecular flexibility index (Phi) is 112. The third kappa shape index (κ3) is 49.5. The molecule has 0 aliphatic heterocycles. The van der Waals surface area contributed by atoms with Gasteiger partial charge in [-0.05, 0) is 17.1 Å². The van der Waals surface area contributed by atoms with Crippen LogP contribution in [0.4, 0.5) is 0 Å². The van der Waals surface area contributed by atoms with E-state index in [1.807, 2.05) is 0 Å². The zero-order valence-corrected chi connectivity index (χ0v) is 29.9. The van der Waals surface area contributed by atoms with Gasteiger partial charge in [0, 0.05) is 103 Å². The van der Waals surface area contributed by atoms with Crippen molar-refractivity contribution in [1.82, 2.24) is 15.0 Å². The van der Waals surface area contributed by atoms with Gasteiger partial charge in [0.15, 0.2) is 0 Å². The Labute approximate surface area is 245 Å². The van der Waals surface area contributed by atoms with Crippen molar-refractivity contribution in [1.29, 1.82) is 0 Å². The third-order valence-electron chi connectivity index (χ3n) is 0.574. The summed E-state index contributed by atoms with van der Waals surface area (Å²) in [4.78, 5) is 54.7. The molecule has 1 aromatic heterocycles. The molecule has 0 saturated heterocycles. The fraction of sp³-hybridized carbons (Fsp3) is 0. The van der Waals surface area contributed by atoms with E-state index in [0.29, 0.717) is 12.9 Å². The first-order valence-corrected chi connectivity index (χ1v) is 2.81. The summed E-state index contributed by atoms with van der Waals surface area (Å²) in [6, 6.07) is 0. The van der Waals surface area contributed by atoms with Gasteiger partial charge in [-0.2, -0.15) is 0 Å². The second-order valence-electron chi connectivity index (χ2n) is 1.37. The SMILES string of the molecule is O.O=[C-]O.O=[C-]O.O=c1[n-]c(=O)[n-]c(=O)[n-]1.[U+2].[U+2].[U].[V].[W].[Y]. The molecule has 0 aromatic carbocycles. The van der Waals surface area contributed by atoms with Gasteiger partial charge in [-0.1, -0.05) is 12.9 Å². The number of aliphatic hydroxyl groups excluding tert-OH is 2. The molecule has 1 rings (SSSR count). The van der Waals surface area contributed by atoms with Crippen LogP contribution in [0.3, 0.4) is 0 Å². The van der Waals surface area contributed by atoms with Crippen LogP contribution in [0.2, 0.25) is 0 Å². The normalized spacial score (nSPS) is 4.91. The maximum absolute atomic E-state index is 10.0. The predicted octanol–water partition coefficient (Wildman–Crippen LogP) is -4.97. The minimum Gasteiger partial charge on any atom is -0.665 e. The maximum atomic E-state index is 10.0. The van der Waals surface area contributed by atoms with Crippen LogP contribution in [0.15, 0.2) is 14.4 Å². The number of rotatable bonds is 0. The fourth-order valence-corrected chi connectivity index (χ4v) is 0.320. The predicted molar refractivity (Wildman–Crippen MR) is 45.5 cm³/mol. The molecule has 114 valence electrons. The van der Waals surface area contributed by atoms with Crippen LogP contribution in [0.5, 0.6) is 0 Å². The Bertz CT molecular complexity index is 387. The van der Waals surface area contributed by atoms with Crippen molar-refractivity contribution in [3.05, 3.63) is 31.5 Å². The van der Waals surface area contributed by atoms with Gasteiger partial charge in [0.25, 0.3) is 0 Å². The minimum atomic E-state index is -1.08. The van der Waals surface area contributed by atoms with Gasteiger partial charge in [-0.25, -0.2) is 0 Å². The molecule has 0 unspecified atom stereocenters. The Balaban J connectivity index is -0.0000000168. The van der Waals surface area contributed by atoms with Crippen molar-refractivity contribution in [2.75, 3.05) is 0 Å². The largest absolute Gasteiger partial charge is 2.00 e. The summed E-state index contributed by atoms with van der Waals surface area (Å²) in [6.45, 7) is 1.00. The molecular formula is C5H4N3O8U3VWY-. The average Bonchev–Trinajstić information content (AvgIpc) is 2.03. The van der Waals surface area contributed by atoms with Crippen LogP contribution in [0, 0.1) is 93.3 Å². The molecule has 11 nitrogen and oxygen atoms in total. The number of nitrogens with zero attached hydrogens (tertiary/aromatic N) is 3. The summed E-state index contributed by atoms with van der Waals surface area (Å²) >= 11 is 0. The molecule has 22 heavy (non-hydrogen) atoms. The van der Waals surface area contributed by atoms with E-state index < -0.39 is 17.1 Å². The summed E-state index contributed by atoms with van der Waals surface area (Å²) in [5.41, 5.74) is -3.25. The fourth-order valence-electron chi connectivity index (χ4n) is 0.320. The second kappa shape index (κ2) is 43.9. The van der Waals surface area contributed by atoms with E-state index in [1.165, 1.54) is 0 Å². The molecule has 0 saturated carbocycles. The smallest absolute Gasteiger partial charge is 0.665 e. The molecule has 2 radical (unpaired) electrons. The Hall–Kier alpha value is 2.84. The second-order valence-corrected chi connectivity index (χ2v) is 1.37. The first-order chi connectivity index (χ1) is 7.01. The van der Waals surface area contributed by atoms with Crippen LogP contribution in [0.1, 0.15) is 0 Å². The quantitative estimate of drug-likeness (QED) is 0.238. The molecule has 0 bridgehead atoms. The third-order valence-corrected chi connectivity index (χ3v) is 0.574. The van der Waals surface area contributed by atoms with Gasteiger partial charge < -0.3 is 54.6 Å². The molecular weight excluding hydrogens is 1270 g/mol. The average molecular weight is 1270 g/mol. The van der Waals surface area contributed by atoms with E-state index in [-0.39, 0.29) is 171 Å². The van der Waals surface area contributed by atoms with Crippen molar-refractivity contribution < 1.29 is 191 Å². The van der Waals surface area contributed by atoms with Crippen molar-refractivity contribution in [3.63, 3.8) is 0 Å². The van der Waals surface area contributed by atoms with Crippen molar-refractivity contribution in [3.8, 4) is 0 Å². The van der Waals surface area contributed by atoms with Gasteiger partial charge in [0.1, 0.15) is 0 Å². The Morgan fingerprint density at radius 3 is 0.955 bits per heavy atom. The van der Waals surface area contributed by atoms with Crippen LogP contribution in [-0.4, -0.2) is 28.6 Å². The van der Waals surface area contributed by atoms with Gasteiger partial charge in [-0.3, -0.25) is 0 Å². The first-order valence-electron chi connectivity index (χ1n) is 2.81. The van der Waals surface area contributed by atoms with Crippen LogP contribution >= 0.6 is 0 Å². The number of hydrogen-bond donors (Lipinski definition) is 2. The molecule has 0 fully saturated rings. The van der Waals surface area contributed by atoms with Crippen LogP contribution in [-0.2, 0) is 81.9 Å². The summed E-state index contributed by atoms with van der Waals surface area (Å²) < 4.78 is 0. The molecule has 1 aromatic rings. The first kappa shape index (κ1) is 56.3. The van der Waals surface area contributed by atoms with Crippen molar-refractivity contribution >= 4 is 12.9 Å². The topological polar surface area (TPSA) is 200 Å². The standard InChI is InChI=1S/C3H3N3O3.2CHO2.H2O.3U.V.W.Y/c7-1-4-2(8)6-3(9)5-1;2*2-1-3;;;;;;;/h(H3,4,5,6,7,8,9);2*(H,2,3);1H2;;;;;;/q;2*-1;;;2*+2;;;/p-3. The maximum Gasteiger partial charge on any atom is 2.00 e. The summed E-state index contributed by atoms with van der Waals surface area (Å²) in [5.74, 6) is 0. The Morgan fingerprint density at radius 1 is 0.773 bits per heavy atom. The zero-order valence-electron chi connectivity index (χ0n) is 10.2. The van der Waals surface area contributed by atoms with Crippen molar-refractivity contribution in [2.24, 2.45) is 0 Å². The Morgan fingerprint density at radius 2 is 0.864 bits per heavy atom. The van der Waals surface area contributed by atoms with E-state index in [1.54, 1.807) is 0 Å². The van der Waals surface area contributed by atoms with E-state index in [2.05, 4.69) is 15.0 Å². The molecule has 0 atom stereocenters. The van der Waals surface area contributed by atoms with E-state index in [9.17, 15) is 14.4 Å². The van der Waals surface area contributed by atoms with Gasteiger partial charge >= 0.3 is 62.2 Å². The summed E-state index contributed by atoms with van der Waals surface area (Å²) in [5, 5.41) is 13.5. The van der Waals surface area contributed by atoms with E-state index in [4.69, 9.17) is 19.8 Å². The van der Waals surface area contributed by atoms with Crippen LogP contribution < -0.4 is 32.0 Å². The summed E-state index contributed by atoms with van der Waals surface area (Å²) in [7, 11) is 0. The monoisotopic (exact) mass is 1270 g/mol. The molecule has 0 amide bonds. The van der Waals surface area contributed by atoms with E-state index in [0.717, 1.165) is 0 Å². The molecule has 1 heterocycles. The van der Waals surface area contributed by atoms with Gasteiger partial charge in [-0.15, -0.1) is 0 Å². The van der Waals surface area contributed by atoms with Crippen LogP contribution in [0.25, 0.3) is 0 Å². The molecule has 17 heteroatoms. The molecule has 0 aliphatic rings. The number of aromatic nitrogens is 3. The van der Waals surface area contributed by atoms with E-state index >= 15 is 0 Å². The number of hydrogen-bond acceptors (Lipinski definition) is 5. The van der Waals surface area contributed by atoms with Crippen molar-refractivity contribution in [2.45, 2.75) is 0 Å². The zero-order chi connectivity index (χ0) is 12.3. The van der Waals surface area contributed by atoms with Gasteiger partial charge in [0.2, 0.25) is 0 Å². The molecule has 0 spiro atoms. The summed E-state index contributed by atoms with van der Waals surface area (Å²) in [6.07, 6.45) is 0. The molecule has 4 N–H and O–H groups in total.